The van der Waals surface area contributed by atoms with Gasteiger partial charge in [0.1, 0.15) is 0 Å². The Balaban J connectivity index is 1.81. The van der Waals surface area contributed by atoms with Crippen molar-refractivity contribution in [2.45, 2.75) is 64.7 Å². The summed E-state index contributed by atoms with van der Waals surface area (Å²) in [4.78, 5) is 16.3. The number of pyridine rings is 1. The zero-order chi connectivity index (χ0) is 19.3. The van der Waals surface area contributed by atoms with Gasteiger partial charge in [-0.05, 0) is 30.4 Å². The van der Waals surface area contributed by atoms with Crippen molar-refractivity contribution in [2.75, 3.05) is 0 Å². The molecule has 0 spiro atoms. The van der Waals surface area contributed by atoms with Gasteiger partial charge in [-0.1, -0.05) is 82.0 Å². The molecule has 0 saturated carbocycles. The molecule has 0 amide bonds. The normalized spacial score (nSPS) is 12.2. The number of nitrogens with zero attached hydrogens (tertiary/aromatic N) is 1. The quantitative estimate of drug-likeness (QED) is 0.268. The van der Waals surface area contributed by atoms with Crippen molar-refractivity contribution >= 4 is 5.97 Å². The first kappa shape index (κ1) is 20.9. The molecule has 1 aromatic heterocycles. The first-order valence-corrected chi connectivity index (χ1v) is 10.1. The van der Waals surface area contributed by atoms with E-state index in [0.717, 1.165) is 12.8 Å². The lowest BCUT2D eigenvalue weighted by Gasteiger charge is -2.09. The molecule has 0 bridgehead atoms. The fraction of sp³-hybridized carbons (Fsp3) is 0.417. The molecular formula is C24H31NO2. The summed E-state index contributed by atoms with van der Waals surface area (Å²) in [6.07, 6.45) is 13.5. The Bertz CT molecular complexity index is 692. The van der Waals surface area contributed by atoms with Crippen molar-refractivity contribution in [1.29, 1.82) is 0 Å². The summed E-state index contributed by atoms with van der Waals surface area (Å²) in [6, 6.07) is 14.0. The van der Waals surface area contributed by atoms with E-state index in [2.05, 4.69) is 31.0 Å². The van der Waals surface area contributed by atoms with Gasteiger partial charge in [0, 0.05) is 24.3 Å². The predicted octanol–water partition coefficient (Wildman–Crippen LogP) is 6.25. The summed E-state index contributed by atoms with van der Waals surface area (Å²) in [5.74, 6) is 0.179. The fourth-order valence-corrected chi connectivity index (χ4v) is 3.07. The molecule has 144 valence electrons. The van der Waals surface area contributed by atoms with Crippen molar-refractivity contribution in [2.24, 2.45) is 0 Å². The maximum absolute atomic E-state index is 12.1. The zero-order valence-corrected chi connectivity index (χ0v) is 16.6. The van der Waals surface area contributed by atoms with Crippen molar-refractivity contribution in [3.63, 3.8) is 0 Å². The molecule has 1 unspecified atom stereocenters. The van der Waals surface area contributed by atoms with E-state index in [4.69, 9.17) is 4.74 Å². The summed E-state index contributed by atoms with van der Waals surface area (Å²) >= 11 is 0. The molecular weight excluding hydrogens is 334 g/mol. The van der Waals surface area contributed by atoms with Crippen LogP contribution in [0.25, 0.3) is 0 Å². The Morgan fingerprint density at radius 2 is 1.81 bits per heavy atom. The standard InChI is InChI=1S/C24H31NO2/c1-3-5-6-7-9-12-20-15-17-23(25-19-20)27-24(26)18-16-21(4-2)22-13-10-8-11-14-22/h8,10-11,13-19,21H,3-7,9,12H2,1-2H3. The highest BCUT2D eigenvalue weighted by Gasteiger charge is 2.07. The van der Waals surface area contributed by atoms with Gasteiger partial charge in [-0.15, -0.1) is 0 Å². The van der Waals surface area contributed by atoms with Crippen LogP contribution in [0.5, 0.6) is 5.88 Å². The number of hydrogen-bond acceptors (Lipinski definition) is 3. The van der Waals surface area contributed by atoms with Gasteiger partial charge in [-0.25, -0.2) is 9.78 Å². The van der Waals surface area contributed by atoms with Gasteiger partial charge in [-0.2, -0.15) is 0 Å². The number of ether oxygens (including phenoxy) is 1. The molecule has 0 fully saturated rings. The van der Waals surface area contributed by atoms with Gasteiger partial charge in [0.15, 0.2) is 0 Å². The van der Waals surface area contributed by atoms with Crippen LogP contribution < -0.4 is 4.74 Å². The SMILES string of the molecule is CCCCCCCc1ccc(OC(=O)C=CC(CC)c2ccccc2)nc1. The molecule has 0 aliphatic carbocycles. The molecule has 0 aliphatic rings. The average Bonchev–Trinajstić information content (AvgIpc) is 2.70. The Morgan fingerprint density at radius 1 is 1.04 bits per heavy atom. The number of aryl methyl sites for hydroxylation is 1. The molecule has 0 radical (unpaired) electrons. The van der Waals surface area contributed by atoms with E-state index in [0.29, 0.717) is 5.88 Å². The van der Waals surface area contributed by atoms with Crippen LogP contribution in [0, 0.1) is 0 Å². The Hall–Kier alpha value is -2.42. The van der Waals surface area contributed by atoms with E-state index in [1.807, 2.05) is 36.5 Å². The van der Waals surface area contributed by atoms with Gasteiger partial charge >= 0.3 is 5.97 Å². The molecule has 0 saturated heterocycles. The molecule has 2 aromatic rings. The van der Waals surface area contributed by atoms with Gasteiger partial charge in [0.2, 0.25) is 5.88 Å². The second-order valence-corrected chi connectivity index (χ2v) is 6.87. The molecule has 1 aromatic carbocycles. The molecule has 3 nitrogen and oxygen atoms in total. The third-order valence-electron chi connectivity index (χ3n) is 4.70. The maximum Gasteiger partial charge on any atom is 0.337 e. The minimum absolute atomic E-state index is 0.210. The monoisotopic (exact) mass is 365 g/mol. The summed E-state index contributed by atoms with van der Waals surface area (Å²) in [5.41, 5.74) is 2.39. The first-order chi connectivity index (χ1) is 13.2. The smallest absolute Gasteiger partial charge is 0.337 e. The van der Waals surface area contributed by atoms with Gasteiger partial charge in [-0.3, -0.25) is 0 Å². The Morgan fingerprint density at radius 3 is 2.48 bits per heavy atom. The van der Waals surface area contributed by atoms with E-state index in [-0.39, 0.29) is 11.9 Å². The number of aromatic nitrogens is 1. The van der Waals surface area contributed by atoms with Crippen LogP contribution in [0.4, 0.5) is 0 Å². The van der Waals surface area contributed by atoms with Crippen molar-refractivity contribution in [3.8, 4) is 5.88 Å². The van der Waals surface area contributed by atoms with E-state index >= 15 is 0 Å². The van der Waals surface area contributed by atoms with Crippen LogP contribution in [0.15, 0.2) is 60.8 Å². The van der Waals surface area contributed by atoms with Crippen LogP contribution in [0.3, 0.4) is 0 Å². The number of benzene rings is 1. The van der Waals surface area contributed by atoms with Crippen LogP contribution in [-0.4, -0.2) is 11.0 Å². The van der Waals surface area contributed by atoms with Gasteiger partial charge < -0.3 is 4.74 Å². The third-order valence-corrected chi connectivity index (χ3v) is 4.70. The minimum atomic E-state index is -0.385. The second kappa shape index (κ2) is 12.1. The predicted molar refractivity (Wildman–Crippen MR) is 111 cm³/mol. The van der Waals surface area contributed by atoms with Crippen LogP contribution in [0.2, 0.25) is 0 Å². The van der Waals surface area contributed by atoms with E-state index < -0.39 is 0 Å². The Kier molecular flexibility index (Phi) is 9.33. The average molecular weight is 366 g/mol. The van der Waals surface area contributed by atoms with Crippen LogP contribution in [0.1, 0.15) is 69.4 Å². The summed E-state index contributed by atoms with van der Waals surface area (Å²) in [6.45, 7) is 4.33. The zero-order valence-electron chi connectivity index (χ0n) is 16.6. The van der Waals surface area contributed by atoms with Crippen molar-refractivity contribution < 1.29 is 9.53 Å². The highest BCUT2D eigenvalue weighted by molar-refractivity contribution is 5.83. The Labute approximate surface area is 163 Å². The number of rotatable bonds is 11. The van der Waals surface area contributed by atoms with Crippen molar-refractivity contribution in [1.82, 2.24) is 4.98 Å². The molecule has 2 rings (SSSR count). The number of allylic oxidation sites excluding steroid dienone is 1. The van der Waals surface area contributed by atoms with Crippen molar-refractivity contribution in [3.05, 3.63) is 71.9 Å². The highest BCUT2D eigenvalue weighted by atomic mass is 16.5. The lowest BCUT2D eigenvalue weighted by atomic mass is 9.96. The fourth-order valence-electron chi connectivity index (χ4n) is 3.07. The number of unbranched alkanes of at least 4 members (excludes halogenated alkanes) is 4. The topological polar surface area (TPSA) is 39.2 Å². The van der Waals surface area contributed by atoms with Gasteiger partial charge in [0.25, 0.3) is 0 Å². The largest absolute Gasteiger partial charge is 0.404 e. The highest BCUT2D eigenvalue weighted by Crippen LogP contribution is 2.20. The van der Waals surface area contributed by atoms with Crippen LogP contribution >= 0.6 is 0 Å². The number of esters is 1. The minimum Gasteiger partial charge on any atom is -0.404 e. The lowest BCUT2D eigenvalue weighted by molar-refractivity contribution is -0.129. The second-order valence-electron chi connectivity index (χ2n) is 6.87. The van der Waals surface area contributed by atoms with E-state index in [1.165, 1.54) is 49.3 Å². The molecule has 0 aliphatic heterocycles. The molecule has 1 heterocycles. The number of carbonyl (C=O) groups excluding carboxylic acids is 1. The van der Waals surface area contributed by atoms with E-state index in [1.54, 1.807) is 6.07 Å². The lowest BCUT2D eigenvalue weighted by Crippen LogP contribution is -2.06. The number of hydrogen-bond donors (Lipinski definition) is 0. The summed E-state index contributed by atoms with van der Waals surface area (Å²) < 4.78 is 5.32. The molecule has 1 atom stereocenters. The molecule has 3 heteroatoms. The first-order valence-electron chi connectivity index (χ1n) is 10.1. The molecule has 0 N–H and O–H groups in total. The van der Waals surface area contributed by atoms with E-state index in [9.17, 15) is 4.79 Å². The third kappa shape index (κ3) is 7.78. The molecule has 27 heavy (non-hydrogen) atoms. The van der Waals surface area contributed by atoms with Gasteiger partial charge in [0.05, 0.1) is 0 Å². The van der Waals surface area contributed by atoms with Crippen LogP contribution in [-0.2, 0) is 11.2 Å². The maximum atomic E-state index is 12.1. The number of carbonyl (C=O) groups is 1. The summed E-state index contributed by atoms with van der Waals surface area (Å²) in [7, 11) is 0. The summed E-state index contributed by atoms with van der Waals surface area (Å²) in [5, 5.41) is 0.